The van der Waals surface area contributed by atoms with Crippen LogP contribution in [0.5, 0.6) is 0 Å². The summed E-state index contributed by atoms with van der Waals surface area (Å²) in [5, 5.41) is 8.13. The summed E-state index contributed by atoms with van der Waals surface area (Å²) in [5.41, 5.74) is 3.11. The van der Waals surface area contributed by atoms with Crippen LogP contribution in [0, 0.1) is 0 Å². The average molecular weight is 353 g/mol. The zero-order chi connectivity index (χ0) is 17.4. The lowest BCUT2D eigenvalue weighted by Crippen LogP contribution is -2.26. The molecule has 2 aromatic heterocycles. The molecule has 1 atom stereocenters. The van der Waals surface area contributed by atoms with Crippen molar-refractivity contribution in [2.24, 2.45) is 0 Å². The van der Waals surface area contributed by atoms with E-state index in [1.807, 2.05) is 31.2 Å². The van der Waals surface area contributed by atoms with E-state index in [0.717, 1.165) is 16.8 Å². The van der Waals surface area contributed by atoms with Gasteiger partial charge in [-0.05, 0) is 36.2 Å². The number of amides is 2. The van der Waals surface area contributed by atoms with Crippen LogP contribution in [0.1, 0.15) is 34.6 Å². The van der Waals surface area contributed by atoms with Crippen LogP contribution in [0.15, 0.2) is 46.4 Å². The second-order valence-electron chi connectivity index (χ2n) is 5.85. The molecule has 7 heteroatoms. The first-order valence-corrected chi connectivity index (χ1v) is 8.71. The Morgan fingerprint density at radius 2 is 2.28 bits per heavy atom. The maximum absolute atomic E-state index is 12.4. The number of rotatable bonds is 4. The molecule has 0 saturated heterocycles. The SMILES string of the molecule is C[C@@H](NC(=O)c1csc(-c2ccco2)n1)c1ccc2c(c1)CC(=O)N2. The van der Waals surface area contributed by atoms with E-state index in [9.17, 15) is 9.59 Å². The van der Waals surface area contributed by atoms with Gasteiger partial charge in [0.15, 0.2) is 10.8 Å². The van der Waals surface area contributed by atoms with E-state index >= 15 is 0 Å². The molecule has 0 aliphatic carbocycles. The number of hydrogen-bond donors (Lipinski definition) is 2. The summed E-state index contributed by atoms with van der Waals surface area (Å²) in [6, 6.07) is 9.13. The smallest absolute Gasteiger partial charge is 0.271 e. The van der Waals surface area contributed by atoms with Gasteiger partial charge in [-0.25, -0.2) is 4.98 Å². The number of carbonyl (C=O) groups is 2. The van der Waals surface area contributed by atoms with Crippen molar-refractivity contribution in [1.29, 1.82) is 0 Å². The lowest BCUT2D eigenvalue weighted by Gasteiger charge is -2.14. The molecule has 1 aliphatic rings. The zero-order valence-electron chi connectivity index (χ0n) is 13.4. The Kier molecular flexibility index (Phi) is 3.85. The summed E-state index contributed by atoms with van der Waals surface area (Å²) < 4.78 is 5.30. The summed E-state index contributed by atoms with van der Waals surface area (Å²) in [7, 11) is 0. The number of nitrogens with zero attached hydrogens (tertiary/aromatic N) is 1. The van der Waals surface area contributed by atoms with Crippen LogP contribution in [-0.4, -0.2) is 16.8 Å². The van der Waals surface area contributed by atoms with Crippen molar-refractivity contribution in [3.8, 4) is 10.8 Å². The van der Waals surface area contributed by atoms with Crippen molar-refractivity contribution in [3.63, 3.8) is 0 Å². The van der Waals surface area contributed by atoms with Gasteiger partial charge in [0, 0.05) is 11.1 Å². The fraction of sp³-hybridized carbons (Fsp3) is 0.167. The highest BCUT2D eigenvalue weighted by Crippen LogP contribution is 2.27. The first-order chi connectivity index (χ1) is 12.1. The van der Waals surface area contributed by atoms with Gasteiger partial charge in [-0.15, -0.1) is 11.3 Å². The molecular formula is C18H15N3O3S. The third-order valence-electron chi connectivity index (χ3n) is 4.07. The maximum atomic E-state index is 12.4. The van der Waals surface area contributed by atoms with Crippen LogP contribution >= 0.6 is 11.3 Å². The molecule has 0 spiro atoms. The Morgan fingerprint density at radius 1 is 1.40 bits per heavy atom. The van der Waals surface area contributed by atoms with Crippen molar-refractivity contribution in [1.82, 2.24) is 10.3 Å². The number of carbonyl (C=O) groups excluding carboxylic acids is 2. The third-order valence-corrected chi connectivity index (χ3v) is 4.93. The summed E-state index contributed by atoms with van der Waals surface area (Å²) in [6.07, 6.45) is 1.95. The molecule has 2 N–H and O–H groups in total. The van der Waals surface area contributed by atoms with Crippen LogP contribution in [-0.2, 0) is 11.2 Å². The number of hydrogen-bond acceptors (Lipinski definition) is 5. The second-order valence-corrected chi connectivity index (χ2v) is 6.71. The number of furan rings is 1. The molecule has 0 radical (unpaired) electrons. The van der Waals surface area contributed by atoms with Crippen LogP contribution in [0.2, 0.25) is 0 Å². The van der Waals surface area contributed by atoms with Crippen LogP contribution < -0.4 is 10.6 Å². The minimum atomic E-state index is -0.240. The Bertz CT molecular complexity index is 946. The summed E-state index contributed by atoms with van der Waals surface area (Å²) in [5.74, 6) is 0.404. The van der Waals surface area contributed by atoms with Crippen molar-refractivity contribution < 1.29 is 14.0 Å². The molecule has 6 nitrogen and oxygen atoms in total. The Balaban J connectivity index is 1.48. The minimum absolute atomic E-state index is 0.00299. The zero-order valence-corrected chi connectivity index (χ0v) is 14.2. The van der Waals surface area contributed by atoms with Gasteiger partial charge in [0.05, 0.1) is 18.7 Å². The summed E-state index contributed by atoms with van der Waals surface area (Å²) >= 11 is 1.36. The Morgan fingerprint density at radius 3 is 3.08 bits per heavy atom. The quantitative estimate of drug-likeness (QED) is 0.753. The number of aromatic nitrogens is 1. The molecular weight excluding hydrogens is 338 g/mol. The normalized spacial score (nSPS) is 14.0. The van der Waals surface area contributed by atoms with Crippen LogP contribution in [0.25, 0.3) is 10.8 Å². The van der Waals surface area contributed by atoms with E-state index in [-0.39, 0.29) is 17.9 Å². The predicted molar refractivity (Wildman–Crippen MR) is 94.5 cm³/mol. The topological polar surface area (TPSA) is 84.2 Å². The first-order valence-electron chi connectivity index (χ1n) is 7.83. The lowest BCUT2D eigenvalue weighted by atomic mass is 10.0. The van der Waals surface area contributed by atoms with Crippen molar-refractivity contribution in [2.75, 3.05) is 5.32 Å². The Labute approximate surface area is 147 Å². The highest BCUT2D eigenvalue weighted by Gasteiger charge is 2.20. The molecule has 25 heavy (non-hydrogen) atoms. The molecule has 3 heterocycles. The maximum Gasteiger partial charge on any atom is 0.271 e. The standard InChI is InChI=1S/C18H15N3O3S/c1-10(11-4-5-13-12(7-11)8-16(22)20-13)19-17(23)14-9-25-18(21-14)15-3-2-6-24-15/h2-7,9-10H,8H2,1H3,(H,19,23)(H,20,22)/t10-/m1/s1. The molecule has 0 unspecified atom stereocenters. The molecule has 0 bridgehead atoms. The van der Waals surface area contributed by atoms with Gasteiger partial charge in [0.1, 0.15) is 5.69 Å². The van der Waals surface area contributed by atoms with Gasteiger partial charge >= 0.3 is 0 Å². The number of fused-ring (bicyclic) bond motifs is 1. The number of benzene rings is 1. The van der Waals surface area contributed by atoms with Gasteiger partial charge in [0.2, 0.25) is 5.91 Å². The van der Waals surface area contributed by atoms with Gasteiger partial charge in [-0.3, -0.25) is 9.59 Å². The molecule has 1 aromatic carbocycles. The lowest BCUT2D eigenvalue weighted by molar-refractivity contribution is -0.115. The van der Waals surface area contributed by atoms with Gasteiger partial charge in [-0.1, -0.05) is 12.1 Å². The molecule has 4 rings (SSSR count). The van der Waals surface area contributed by atoms with E-state index in [1.165, 1.54) is 11.3 Å². The van der Waals surface area contributed by atoms with E-state index < -0.39 is 0 Å². The largest absolute Gasteiger partial charge is 0.462 e. The van der Waals surface area contributed by atoms with Crippen molar-refractivity contribution >= 4 is 28.8 Å². The number of nitrogens with one attached hydrogen (secondary N) is 2. The highest BCUT2D eigenvalue weighted by atomic mass is 32.1. The summed E-state index contributed by atoms with van der Waals surface area (Å²) in [4.78, 5) is 28.2. The highest BCUT2D eigenvalue weighted by molar-refractivity contribution is 7.13. The fourth-order valence-corrected chi connectivity index (χ4v) is 3.53. The molecule has 2 amide bonds. The minimum Gasteiger partial charge on any atom is -0.462 e. The second kappa shape index (κ2) is 6.18. The van der Waals surface area contributed by atoms with Gasteiger partial charge in [0.25, 0.3) is 5.91 Å². The van der Waals surface area contributed by atoms with E-state index in [0.29, 0.717) is 22.9 Å². The van der Waals surface area contributed by atoms with Crippen molar-refractivity contribution in [3.05, 3.63) is 58.8 Å². The van der Waals surface area contributed by atoms with E-state index in [4.69, 9.17) is 4.42 Å². The van der Waals surface area contributed by atoms with Crippen molar-refractivity contribution in [2.45, 2.75) is 19.4 Å². The molecule has 0 saturated carbocycles. The monoisotopic (exact) mass is 353 g/mol. The van der Waals surface area contributed by atoms with E-state index in [2.05, 4.69) is 15.6 Å². The average Bonchev–Trinajstić information content (AvgIpc) is 3.32. The van der Waals surface area contributed by atoms with Crippen LogP contribution in [0.3, 0.4) is 0 Å². The number of anilines is 1. The summed E-state index contributed by atoms with van der Waals surface area (Å²) in [6.45, 7) is 1.91. The fourth-order valence-electron chi connectivity index (χ4n) is 2.76. The molecule has 0 fully saturated rings. The van der Waals surface area contributed by atoms with Gasteiger partial charge < -0.3 is 15.1 Å². The third kappa shape index (κ3) is 3.06. The van der Waals surface area contributed by atoms with Crippen LogP contribution in [0.4, 0.5) is 5.69 Å². The molecule has 1 aliphatic heterocycles. The van der Waals surface area contributed by atoms with Gasteiger partial charge in [-0.2, -0.15) is 0 Å². The Hall–Kier alpha value is -2.93. The first kappa shape index (κ1) is 15.6. The van der Waals surface area contributed by atoms with E-state index in [1.54, 1.807) is 17.7 Å². The number of thiazole rings is 1. The predicted octanol–water partition coefficient (Wildman–Crippen LogP) is 3.39. The molecule has 3 aromatic rings. The molecule has 126 valence electrons.